The average Bonchev–Trinajstić information content (AvgIpc) is 2.62. The third-order valence-corrected chi connectivity index (χ3v) is 5.03. The Kier molecular flexibility index (Phi) is 7.33. The highest BCUT2D eigenvalue weighted by molar-refractivity contribution is 6.34. The van der Waals surface area contributed by atoms with Gasteiger partial charge >= 0.3 is 0 Å². The molecule has 2 aromatic carbocycles. The molecule has 0 radical (unpaired) electrons. The van der Waals surface area contributed by atoms with Crippen LogP contribution in [0, 0.1) is 6.92 Å². The lowest BCUT2D eigenvalue weighted by Gasteiger charge is -2.24. The van der Waals surface area contributed by atoms with Crippen LogP contribution in [0.4, 0.5) is 11.4 Å². The molecule has 0 bridgehead atoms. The van der Waals surface area contributed by atoms with E-state index >= 15 is 0 Å². The van der Waals surface area contributed by atoms with Gasteiger partial charge in [-0.3, -0.25) is 9.59 Å². The van der Waals surface area contributed by atoms with Crippen LogP contribution in [0.5, 0.6) is 0 Å². The van der Waals surface area contributed by atoms with Crippen molar-refractivity contribution in [2.45, 2.75) is 39.7 Å². The van der Waals surface area contributed by atoms with Crippen LogP contribution >= 0.6 is 23.2 Å². The molecule has 0 unspecified atom stereocenters. The van der Waals surface area contributed by atoms with Gasteiger partial charge in [0.15, 0.2) is 0 Å². The van der Waals surface area contributed by atoms with Gasteiger partial charge in [0.1, 0.15) is 0 Å². The monoisotopic (exact) mass is 421 g/mol. The van der Waals surface area contributed by atoms with E-state index in [1.54, 1.807) is 30.3 Å². The summed E-state index contributed by atoms with van der Waals surface area (Å²) >= 11 is 12.4. The lowest BCUT2D eigenvalue weighted by atomic mass is 10.0. The molecule has 28 heavy (non-hydrogen) atoms. The third-order valence-electron chi connectivity index (χ3n) is 4.40. The van der Waals surface area contributed by atoms with Gasteiger partial charge in [-0.1, -0.05) is 36.2 Å². The summed E-state index contributed by atoms with van der Waals surface area (Å²) in [6.07, 6.45) is 0.802. The highest BCUT2D eigenvalue weighted by Crippen LogP contribution is 2.24. The number of anilines is 2. The van der Waals surface area contributed by atoms with Gasteiger partial charge in [0, 0.05) is 11.2 Å². The van der Waals surface area contributed by atoms with E-state index in [2.05, 4.69) is 16.0 Å². The molecule has 7 heteroatoms. The van der Waals surface area contributed by atoms with Crippen molar-refractivity contribution in [3.05, 3.63) is 57.6 Å². The topological polar surface area (TPSA) is 70.2 Å². The zero-order valence-corrected chi connectivity index (χ0v) is 18.0. The van der Waals surface area contributed by atoms with Gasteiger partial charge in [0.05, 0.1) is 27.8 Å². The molecule has 150 valence electrons. The number of hydrogen-bond acceptors (Lipinski definition) is 3. The molecule has 3 N–H and O–H groups in total. The first-order valence-electron chi connectivity index (χ1n) is 9.03. The zero-order valence-electron chi connectivity index (χ0n) is 16.5. The van der Waals surface area contributed by atoms with Crippen molar-refractivity contribution in [3.8, 4) is 0 Å². The van der Waals surface area contributed by atoms with Crippen LogP contribution in [0.15, 0.2) is 36.4 Å². The van der Waals surface area contributed by atoms with E-state index in [-0.39, 0.29) is 23.9 Å². The van der Waals surface area contributed by atoms with E-state index in [9.17, 15) is 9.59 Å². The van der Waals surface area contributed by atoms with Crippen molar-refractivity contribution >= 4 is 46.4 Å². The third kappa shape index (κ3) is 6.14. The number of amides is 2. The van der Waals surface area contributed by atoms with Gasteiger partial charge in [0.25, 0.3) is 5.91 Å². The van der Waals surface area contributed by atoms with Gasteiger partial charge in [-0.2, -0.15) is 0 Å². The van der Waals surface area contributed by atoms with Crippen molar-refractivity contribution in [3.63, 3.8) is 0 Å². The van der Waals surface area contributed by atoms with E-state index in [0.29, 0.717) is 27.0 Å². The van der Waals surface area contributed by atoms with Crippen LogP contribution in [0.25, 0.3) is 0 Å². The minimum atomic E-state index is -0.313. The van der Waals surface area contributed by atoms with Crippen LogP contribution in [0.3, 0.4) is 0 Å². The Morgan fingerprint density at radius 2 is 1.75 bits per heavy atom. The molecule has 0 aromatic heterocycles. The van der Waals surface area contributed by atoms with E-state index in [0.717, 1.165) is 12.0 Å². The predicted molar refractivity (Wildman–Crippen MR) is 117 cm³/mol. The molecule has 5 nitrogen and oxygen atoms in total. The maximum absolute atomic E-state index is 12.4. The maximum Gasteiger partial charge on any atom is 0.253 e. The predicted octanol–water partition coefficient (Wildman–Crippen LogP) is 5.27. The van der Waals surface area contributed by atoms with E-state index in [1.807, 2.05) is 33.8 Å². The van der Waals surface area contributed by atoms with E-state index in [1.165, 1.54) is 0 Å². The Morgan fingerprint density at radius 3 is 2.36 bits per heavy atom. The highest BCUT2D eigenvalue weighted by Gasteiger charge is 2.20. The average molecular weight is 422 g/mol. The fourth-order valence-corrected chi connectivity index (χ4v) is 2.92. The number of benzene rings is 2. The Labute approximate surface area is 175 Å². The molecule has 0 saturated carbocycles. The number of carbonyl (C=O) groups excluding carboxylic acids is 2. The number of hydrogen-bond donors (Lipinski definition) is 3. The quantitative estimate of drug-likeness (QED) is 0.569. The van der Waals surface area contributed by atoms with E-state index in [4.69, 9.17) is 23.2 Å². The summed E-state index contributed by atoms with van der Waals surface area (Å²) in [4.78, 5) is 24.5. The molecule has 0 saturated heterocycles. The molecule has 2 aromatic rings. The molecular weight excluding hydrogens is 397 g/mol. The number of halogens is 2. The molecule has 0 aliphatic carbocycles. The Morgan fingerprint density at radius 1 is 1.04 bits per heavy atom. The SMILES string of the molecule is CCC(C)(C)NC(=O)c1ccc(NCC(=O)Nc2ccc(C)cc2Cl)cc1Cl. The van der Waals surface area contributed by atoms with Gasteiger partial charge in [0.2, 0.25) is 5.91 Å². The first kappa shape index (κ1) is 22.1. The second-order valence-electron chi connectivity index (χ2n) is 7.27. The molecule has 2 amide bonds. The molecule has 0 aliphatic heterocycles. The smallest absolute Gasteiger partial charge is 0.253 e. The Hall–Kier alpha value is -2.24. The van der Waals surface area contributed by atoms with Crippen LogP contribution in [0.2, 0.25) is 10.0 Å². The minimum absolute atomic E-state index is 0.0366. The summed E-state index contributed by atoms with van der Waals surface area (Å²) in [6.45, 7) is 7.87. The van der Waals surface area contributed by atoms with Crippen molar-refractivity contribution < 1.29 is 9.59 Å². The second-order valence-corrected chi connectivity index (χ2v) is 8.09. The minimum Gasteiger partial charge on any atom is -0.376 e. The number of aryl methyl sites for hydroxylation is 1. The second kappa shape index (κ2) is 9.30. The normalized spacial score (nSPS) is 11.1. The molecular formula is C21H25Cl2N3O2. The fraction of sp³-hybridized carbons (Fsp3) is 0.333. The first-order chi connectivity index (χ1) is 13.1. The summed E-state index contributed by atoms with van der Waals surface area (Å²) in [5.74, 6) is -0.469. The van der Waals surface area contributed by atoms with Crippen molar-refractivity contribution in [1.82, 2.24) is 5.32 Å². The Bertz CT molecular complexity index is 882. The molecule has 0 heterocycles. The molecule has 0 atom stereocenters. The molecule has 0 aliphatic rings. The summed E-state index contributed by atoms with van der Waals surface area (Å²) in [5.41, 5.74) is 2.29. The van der Waals surface area contributed by atoms with Crippen LogP contribution in [0.1, 0.15) is 43.1 Å². The van der Waals surface area contributed by atoms with Gasteiger partial charge in [-0.15, -0.1) is 0 Å². The van der Waals surface area contributed by atoms with Gasteiger partial charge in [-0.25, -0.2) is 0 Å². The number of rotatable bonds is 7. The Balaban J connectivity index is 1.97. The van der Waals surface area contributed by atoms with Crippen LogP contribution < -0.4 is 16.0 Å². The summed E-state index contributed by atoms with van der Waals surface area (Å²) in [6, 6.07) is 10.4. The molecule has 2 rings (SSSR count). The van der Waals surface area contributed by atoms with Gasteiger partial charge in [-0.05, 0) is 63.1 Å². The first-order valence-corrected chi connectivity index (χ1v) is 9.79. The molecule has 0 fully saturated rings. The highest BCUT2D eigenvalue weighted by atomic mass is 35.5. The van der Waals surface area contributed by atoms with Crippen molar-refractivity contribution in [2.75, 3.05) is 17.2 Å². The van der Waals surface area contributed by atoms with Crippen LogP contribution in [-0.2, 0) is 4.79 Å². The molecule has 0 spiro atoms. The summed E-state index contributed by atoms with van der Waals surface area (Å²) < 4.78 is 0. The lowest BCUT2D eigenvalue weighted by Crippen LogP contribution is -2.42. The largest absolute Gasteiger partial charge is 0.376 e. The number of carbonyl (C=O) groups is 2. The summed E-state index contributed by atoms with van der Waals surface area (Å²) in [5, 5.41) is 9.50. The van der Waals surface area contributed by atoms with Gasteiger partial charge < -0.3 is 16.0 Å². The van der Waals surface area contributed by atoms with Crippen molar-refractivity contribution in [2.24, 2.45) is 0 Å². The number of nitrogens with one attached hydrogen (secondary N) is 3. The zero-order chi connectivity index (χ0) is 20.9. The van der Waals surface area contributed by atoms with E-state index < -0.39 is 0 Å². The van der Waals surface area contributed by atoms with Crippen molar-refractivity contribution in [1.29, 1.82) is 0 Å². The maximum atomic E-state index is 12.4. The standard InChI is InChI=1S/C21H25Cl2N3O2/c1-5-21(3,4)26-20(28)15-8-7-14(11-16(15)22)24-12-19(27)25-18-9-6-13(2)10-17(18)23/h6-11,24H,5,12H2,1-4H3,(H,25,27)(H,26,28). The lowest BCUT2D eigenvalue weighted by molar-refractivity contribution is -0.114. The van der Waals surface area contributed by atoms with Crippen LogP contribution in [-0.4, -0.2) is 23.9 Å². The summed E-state index contributed by atoms with van der Waals surface area (Å²) in [7, 11) is 0. The fourth-order valence-electron chi connectivity index (χ4n) is 2.37.